The van der Waals surface area contributed by atoms with Crippen LogP contribution in [0.2, 0.25) is 0 Å². The Labute approximate surface area is 189 Å². The van der Waals surface area contributed by atoms with Gasteiger partial charge in [0.1, 0.15) is 24.0 Å². The van der Waals surface area contributed by atoms with Crippen LogP contribution in [0, 0.1) is 12.7 Å². The average molecular weight is 426 g/mol. The van der Waals surface area contributed by atoms with Gasteiger partial charge in [-0.1, -0.05) is 24.3 Å². The Morgan fingerprint density at radius 2 is 1.75 bits per heavy atom. The Morgan fingerprint density at radius 3 is 2.56 bits per heavy atom. The molecule has 158 valence electrons. The van der Waals surface area contributed by atoms with E-state index in [1.807, 2.05) is 73.1 Å². The number of hydrogen-bond acceptors (Lipinski definition) is 2. The Balaban J connectivity index is 1.72. The number of furan rings is 1. The topological polar surface area (TPSA) is 20.3 Å². The predicted octanol–water partition coefficient (Wildman–Crippen LogP) is 6.18. The molecule has 6 rings (SSSR count). The largest absolute Gasteiger partial charge is 0.454 e. The number of benzene rings is 3. The summed E-state index contributed by atoms with van der Waals surface area (Å²) in [6.45, 7) is 2.27. The molecular formula is C28H24FN2O+. The summed E-state index contributed by atoms with van der Waals surface area (Å²) in [6.07, 6.45) is 0.397. The first-order valence-electron chi connectivity index (χ1n) is 11.7. The lowest BCUT2D eigenvalue weighted by Crippen LogP contribution is -2.30. The number of anilines is 1. The zero-order valence-electron chi connectivity index (χ0n) is 20.2. The van der Waals surface area contributed by atoms with Crippen molar-refractivity contribution in [2.24, 2.45) is 7.05 Å². The summed E-state index contributed by atoms with van der Waals surface area (Å²) >= 11 is 0. The fourth-order valence-corrected chi connectivity index (χ4v) is 4.87. The Bertz CT molecular complexity index is 1620. The van der Waals surface area contributed by atoms with Gasteiger partial charge in [-0.25, -0.2) is 8.96 Å². The molecule has 0 N–H and O–H groups in total. The molecule has 1 aliphatic rings. The smallest absolute Gasteiger partial charge is 0.216 e. The van der Waals surface area contributed by atoms with Crippen LogP contribution in [0.25, 0.3) is 44.3 Å². The van der Waals surface area contributed by atoms with Crippen LogP contribution in [0.15, 0.2) is 71.3 Å². The van der Waals surface area contributed by atoms with Crippen LogP contribution in [-0.4, -0.2) is 13.6 Å². The van der Waals surface area contributed by atoms with E-state index in [2.05, 4.69) is 6.07 Å². The fraction of sp³-hybridized carbons (Fsp3) is 0.179. The van der Waals surface area contributed by atoms with Crippen molar-refractivity contribution in [2.45, 2.75) is 13.3 Å². The minimum Gasteiger partial charge on any atom is -0.454 e. The minimum absolute atomic E-state index is 0.227. The molecule has 0 radical (unpaired) electrons. The average Bonchev–Trinajstić information content (AvgIpc) is 3.28. The summed E-state index contributed by atoms with van der Waals surface area (Å²) in [5.74, 6) is -0.422. The highest BCUT2D eigenvalue weighted by molar-refractivity contribution is 6.13. The van der Waals surface area contributed by atoms with Crippen molar-refractivity contribution in [3.05, 3.63) is 83.8 Å². The number of halogens is 1. The fourth-order valence-electron chi connectivity index (χ4n) is 4.87. The molecule has 0 atom stereocenters. The summed E-state index contributed by atoms with van der Waals surface area (Å²) in [5.41, 5.74) is 6.33. The van der Waals surface area contributed by atoms with Crippen molar-refractivity contribution in [3.8, 4) is 22.4 Å². The van der Waals surface area contributed by atoms with Gasteiger partial charge in [0.15, 0.2) is 6.20 Å². The van der Waals surface area contributed by atoms with Gasteiger partial charge in [-0.05, 0) is 54.3 Å². The van der Waals surface area contributed by atoms with E-state index in [9.17, 15) is 0 Å². The zero-order chi connectivity index (χ0) is 23.8. The van der Waals surface area contributed by atoms with Crippen LogP contribution in [0.4, 0.5) is 10.1 Å². The van der Waals surface area contributed by atoms with Crippen LogP contribution < -0.4 is 9.47 Å². The molecule has 4 heteroatoms. The molecule has 3 heterocycles. The Kier molecular flexibility index (Phi) is 3.67. The van der Waals surface area contributed by atoms with Crippen LogP contribution >= 0.6 is 0 Å². The van der Waals surface area contributed by atoms with Gasteiger partial charge in [-0.15, -0.1) is 0 Å². The third-order valence-corrected chi connectivity index (χ3v) is 6.49. The molecule has 0 fully saturated rings. The molecule has 3 aromatic carbocycles. The van der Waals surface area contributed by atoms with Gasteiger partial charge in [-0.3, -0.25) is 0 Å². The third kappa shape index (κ3) is 2.62. The van der Waals surface area contributed by atoms with Crippen LogP contribution in [0.3, 0.4) is 0 Å². The maximum Gasteiger partial charge on any atom is 0.216 e. The molecule has 0 aliphatic carbocycles. The van der Waals surface area contributed by atoms with E-state index in [1.165, 1.54) is 6.07 Å². The molecule has 32 heavy (non-hydrogen) atoms. The third-order valence-electron chi connectivity index (χ3n) is 6.49. The number of nitrogens with zero attached hydrogens (tertiary/aromatic N) is 2. The summed E-state index contributed by atoms with van der Waals surface area (Å²) in [7, 11) is 3.85. The van der Waals surface area contributed by atoms with E-state index in [0.29, 0.717) is 27.9 Å². The van der Waals surface area contributed by atoms with E-state index in [1.54, 1.807) is 12.1 Å². The number of pyridine rings is 1. The van der Waals surface area contributed by atoms with Crippen molar-refractivity contribution in [1.29, 1.82) is 0 Å². The Hall–Kier alpha value is -3.66. The standard InChI is InChI=1S/C28H24FN2O/c1-17-10-11-20-21-12-13-22(29)26(19-7-6-9-23-18(19)14-16-31(23)3)28(21)32-27(20)25(17)24-8-4-5-15-30(24)2/h4-13,15H,14,16H2,1-3H3/q+1/i14D2. The first-order valence-corrected chi connectivity index (χ1v) is 10.7. The van der Waals surface area contributed by atoms with Crippen LogP contribution in [0.1, 0.15) is 13.9 Å². The van der Waals surface area contributed by atoms with Crippen molar-refractivity contribution >= 4 is 27.6 Å². The molecule has 5 aromatic rings. The normalized spacial score (nSPS) is 15.8. The van der Waals surface area contributed by atoms with Crippen molar-refractivity contribution in [3.63, 3.8) is 0 Å². The highest BCUT2D eigenvalue weighted by Crippen LogP contribution is 2.44. The molecule has 0 bridgehead atoms. The van der Waals surface area contributed by atoms with Crippen molar-refractivity contribution in [1.82, 2.24) is 0 Å². The van der Waals surface area contributed by atoms with Gasteiger partial charge >= 0.3 is 0 Å². The molecule has 3 nitrogen and oxygen atoms in total. The maximum atomic E-state index is 15.5. The van der Waals surface area contributed by atoms with Gasteiger partial charge in [0.2, 0.25) is 5.69 Å². The van der Waals surface area contributed by atoms with Crippen molar-refractivity contribution < 1.29 is 16.1 Å². The van der Waals surface area contributed by atoms with Gasteiger partial charge in [0.25, 0.3) is 0 Å². The van der Waals surface area contributed by atoms with Crippen LogP contribution in [-0.2, 0) is 13.4 Å². The number of fused-ring (bicyclic) bond motifs is 4. The number of aryl methyl sites for hydroxylation is 2. The molecule has 0 unspecified atom stereocenters. The Morgan fingerprint density at radius 1 is 0.969 bits per heavy atom. The lowest BCUT2D eigenvalue weighted by molar-refractivity contribution is -0.660. The second kappa shape index (κ2) is 6.92. The second-order valence-electron chi connectivity index (χ2n) is 8.46. The summed E-state index contributed by atoms with van der Waals surface area (Å²) in [6, 6.07) is 18.9. The highest BCUT2D eigenvalue weighted by Gasteiger charge is 2.26. The summed E-state index contributed by atoms with van der Waals surface area (Å²) < 4.78 is 41.4. The van der Waals surface area contributed by atoms with Gasteiger partial charge < -0.3 is 9.32 Å². The van der Waals surface area contributed by atoms with E-state index in [-0.39, 0.29) is 6.54 Å². The first kappa shape index (κ1) is 17.0. The van der Waals surface area contributed by atoms with Gasteiger partial charge in [0.05, 0.1) is 11.1 Å². The molecular weight excluding hydrogens is 399 g/mol. The number of likely N-dealkylation sites (N-methyl/N-ethyl adjacent to an activating group) is 1. The highest BCUT2D eigenvalue weighted by atomic mass is 19.1. The van der Waals surface area contributed by atoms with E-state index < -0.39 is 12.2 Å². The molecule has 0 amide bonds. The lowest BCUT2D eigenvalue weighted by atomic mass is 9.95. The minimum atomic E-state index is -1.60. The van der Waals surface area contributed by atoms with Gasteiger partial charge in [0, 0.05) is 44.9 Å². The number of hydrogen-bond donors (Lipinski definition) is 0. The summed E-state index contributed by atoms with van der Waals surface area (Å²) in [5, 5.41) is 1.73. The van der Waals surface area contributed by atoms with E-state index in [4.69, 9.17) is 7.16 Å². The maximum absolute atomic E-state index is 15.5. The quantitative estimate of drug-likeness (QED) is 0.315. The number of aromatic nitrogens is 1. The van der Waals surface area contributed by atoms with Crippen molar-refractivity contribution in [2.75, 3.05) is 18.5 Å². The second-order valence-corrected chi connectivity index (χ2v) is 8.46. The molecule has 0 saturated carbocycles. The summed E-state index contributed by atoms with van der Waals surface area (Å²) in [4.78, 5) is 1.88. The van der Waals surface area contributed by atoms with Gasteiger partial charge in [-0.2, -0.15) is 0 Å². The van der Waals surface area contributed by atoms with E-state index >= 15 is 4.39 Å². The molecule has 0 saturated heterocycles. The number of rotatable bonds is 2. The van der Waals surface area contributed by atoms with Crippen LogP contribution in [0.5, 0.6) is 0 Å². The predicted molar refractivity (Wildman–Crippen MR) is 127 cm³/mol. The molecule has 2 aromatic heterocycles. The SMILES string of the molecule is [2H]C1([2H])CN(C)c2cccc(-c3c(F)ccc4c3oc3c(-c5cccc[n+]5C)c(C)ccc34)c21. The van der Waals surface area contributed by atoms with E-state index in [0.717, 1.165) is 33.3 Å². The zero-order valence-corrected chi connectivity index (χ0v) is 18.2. The lowest BCUT2D eigenvalue weighted by Gasteiger charge is -2.13. The first-order chi connectivity index (χ1) is 16.3. The molecule has 1 aliphatic heterocycles. The molecule has 0 spiro atoms. The monoisotopic (exact) mass is 425 g/mol.